The molecule has 2 N–H and O–H groups in total. The molecule has 0 amide bonds. The summed E-state index contributed by atoms with van der Waals surface area (Å²) in [5.74, 6) is 0.911. The molecule has 2 heterocycles. The van der Waals surface area contributed by atoms with Crippen LogP contribution in [0.3, 0.4) is 0 Å². The number of hydrazone groups is 1. The summed E-state index contributed by atoms with van der Waals surface area (Å²) in [7, 11) is 1.64. The number of phenols is 1. The molecule has 0 bridgehead atoms. The van der Waals surface area contributed by atoms with Crippen LogP contribution in [-0.4, -0.2) is 17.9 Å². The van der Waals surface area contributed by atoms with Crippen LogP contribution in [0.15, 0.2) is 44.6 Å². The van der Waals surface area contributed by atoms with E-state index in [2.05, 4.69) is 10.5 Å². The second-order valence-corrected chi connectivity index (χ2v) is 7.15. The topological polar surface area (TPSA) is 84.1 Å². The number of nitrogens with one attached hydrogen (secondary N) is 1. The van der Waals surface area contributed by atoms with E-state index in [4.69, 9.17) is 9.15 Å². The van der Waals surface area contributed by atoms with Crippen molar-refractivity contribution in [3.8, 4) is 11.5 Å². The van der Waals surface area contributed by atoms with Crippen molar-refractivity contribution in [3.05, 3.63) is 68.6 Å². The smallest absolute Gasteiger partial charge is 0.339 e. The number of phenolic OH excluding ortho intramolecular Hbond substituents is 1. The van der Waals surface area contributed by atoms with Crippen LogP contribution in [0.5, 0.6) is 11.5 Å². The van der Waals surface area contributed by atoms with E-state index in [9.17, 15) is 9.90 Å². The number of nitrogens with zero attached hydrogens (tertiary/aromatic N) is 1. The highest BCUT2D eigenvalue weighted by atomic mass is 16.5. The fourth-order valence-corrected chi connectivity index (χ4v) is 3.72. The van der Waals surface area contributed by atoms with Crippen LogP contribution in [0.1, 0.15) is 40.3 Å². The first-order valence-electron chi connectivity index (χ1n) is 9.13. The van der Waals surface area contributed by atoms with Crippen LogP contribution in [0.2, 0.25) is 0 Å². The standard InChI is InChI=1S/C22H22N2O4/c1-11-9-18-20(12(2)13(3)22(26)28-18)21(25)19(11)17-10-16(23-24-17)14-5-7-15(27-4)8-6-14/h5-9,16,23,25H,10H2,1-4H3. The first kappa shape index (κ1) is 18.1. The highest BCUT2D eigenvalue weighted by Gasteiger charge is 2.26. The van der Waals surface area contributed by atoms with Gasteiger partial charge in [-0.1, -0.05) is 12.1 Å². The van der Waals surface area contributed by atoms with Crippen molar-refractivity contribution in [2.24, 2.45) is 5.10 Å². The lowest BCUT2D eigenvalue weighted by Gasteiger charge is -2.14. The minimum Gasteiger partial charge on any atom is -0.506 e. The molecule has 2 aromatic carbocycles. The largest absolute Gasteiger partial charge is 0.506 e. The third-order valence-electron chi connectivity index (χ3n) is 5.47. The summed E-state index contributed by atoms with van der Waals surface area (Å²) in [6.45, 7) is 5.41. The quantitative estimate of drug-likeness (QED) is 0.676. The van der Waals surface area contributed by atoms with Crippen molar-refractivity contribution in [2.75, 3.05) is 7.11 Å². The monoisotopic (exact) mass is 378 g/mol. The average Bonchev–Trinajstić information content (AvgIpc) is 3.15. The zero-order valence-electron chi connectivity index (χ0n) is 16.3. The second kappa shape index (κ2) is 6.71. The predicted molar refractivity (Wildman–Crippen MR) is 108 cm³/mol. The Morgan fingerprint density at radius 3 is 2.57 bits per heavy atom. The molecule has 144 valence electrons. The van der Waals surface area contributed by atoms with Gasteiger partial charge >= 0.3 is 5.63 Å². The molecule has 0 aliphatic carbocycles. The lowest BCUT2D eigenvalue weighted by Crippen LogP contribution is -2.10. The maximum atomic E-state index is 12.0. The number of rotatable bonds is 3. The Kier molecular flexibility index (Phi) is 4.34. The zero-order chi connectivity index (χ0) is 20.0. The number of benzene rings is 2. The van der Waals surface area contributed by atoms with Gasteiger partial charge in [-0.15, -0.1) is 0 Å². The highest BCUT2D eigenvalue weighted by Crippen LogP contribution is 2.37. The first-order valence-corrected chi connectivity index (χ1v) is 9.13. The van der Waals surface area contributed by atoms with E-state index < -0.39 is 0 Å². The van der Waals surface area contributed by atoms with Crippen LogP contribution >= 0.6 is 0 Å². The van der Waals surface area contributed by atoms with E-state index in [0.717, 1.165) is 28.2 Å². The van der Waals surface area contributed by atoms with Crippen LogP contribution in [0.25, 0.3) is 11.0 Å². The van der Waals surface area contributed by atoms with Crippen molar-refractivity contribution >= 4 is 16.7 Å². The SMILES string of the molecule is COc1ccc(C2CC(c3c(C)cc4oc(=O)c(C)c(C)c4c3O)=NN2)cc1. The zero-order valence-corrected chi connectivity index (χ0v) is 16.3. The molecular formula is C22H22N2O4. The van der Waals surface area contributed by atoms with Gasteiger partial charge in [0.15, 0.2) is 0 Å². The fraction of sp³-hybridized carbons (Fsp3) is 0.273. The molecular weight excluding hydrogens is 356 g/mol. The van der Waals surface area contributed by atoms with Crippen molar-refractivity contribution < 1.29 is 14.3 Å². The Morgan fingerprint density at radius 1 is 1.18 bits per heavy atom. The van der Waals surface area contributed by atoms with Crippen LogP contribution in [0, 0.1) is 20.8 Å². The van der Waals surface area contributed by atoms with Crippen molar-refractivity contribution in [2.45, 2.75) is 33.2 Å². The molecule has 6 heteroatoms. The molecule has 3 aromatic rings. The highest BCUT2D eigenvalue weighted by molar-refractivity contribution is 6.09. The number of methoxy groups -OCH3 is 1. The van der Waals surface area contributed by atoms with Gasteiger partial charge in [-0.05, 0) is 55.7 Å². The van der Waals surface area contributed by atoms with Gasteiger partial charge in [0.2, 0.25) is 0 Å². The third kappa shape index (κ3) is 2.81. The van der Waals surface area contributed by atoms with E-state index in [0.29, 0.717) is 28.5 Å². The third-order valence-corrected chi connectivity index (χ3v) is 5.47. The molecule has 28 heavy (non-hydrogen) atoms. The summed E-state index contributed by atoms with van der Waals surface area (Å²) in [4.78, 5) is 12.0. The second-order valence-electron chi connectivity index (χ2n) is 7.15. The van der Waals surface area contributed by atoms with Crippen molar-refractivity contribution in [1.82, 2.24) is 5.43 Å². The van der Waals surface area contributed by atoms with Gasteiger partial charge in [-0.25, -0.2) is 4.79 Å². The molecule has 1 atom stereocenters. The Hall–Kier alpha value is -3.28. The fourth-order valence-electron chi connectivity index (χ4n) is 3.72. The molecule has 1 aliphatic heterocycles. The summed E-state index contributed by atoms with van der Waals surface area (Å²) in [5.41, 5.74) is 7.77. The summed E-state index contributed by atoms with van der Waals surface area (Å²) in [6, 6.07) is 9.66. The minimum atomic E-state index is -0.379. The molecule has 0 spiro atoms. The lowest BCUT2D eigenvalue weighted by molar-refractivity contribution is 0.414. The predicted octanol–water partition coefficient (Wildman–Crippen LogP) is 3.87. The van der Waals surface area contributed by atoms with Crippen LogP contribution in [0.4, 0.5) is 0 Å². The van der Waals surface area contributed by atoms with Gasteiger partial charge in [0.25, 0.3) is 0 Å². The van der Waals surface area contributed by atoms with E-state index in [1.54, 1.807) is 20.1 Å². The first-order chi connectivity index (χ1) is 13.4. The average molecular weight is 378 g/mol. The maximum Gasteiger partial charge on any atom is 0.339 e. The molecule has 0 radical (unpaired) electrons. The summed E-state index contributed by atoms with van der Waals surface area (Å²) < 4.78 is 10.6. The van der Waals surface area contributed by atoms with E-state index in [1.807, 2.05) is 38.1 Å². The normalized spacial score (nSPS) is 16.1. The maximum absolute atomic E-state index is 12.0. The summed E-state index contributed by atoms with van der Waals surface area (Å²) in [5, 5.41) is 16.1. The summed E-state index contributed by atoms with van der Waals surface area (Å²) in [6.07, 6.45) is 0.640. The Bertz CT molecular complexity index is 1160. The Labute approximate surface area is 162 Å². The van der Waals surface area contributed by atoms with Gasteiger partial charge in [0.05, 0.1) is 24.2 Å². The van der Waals surface area contributed by atoms with Crippen LogP contribution < -0.4 is 15.8 Å². The summed E-state index contributed by atoms with van der Waals surface area (Å²) >= 11 is 0. The molecule has 4 rings (SSSR count). The van der Waals surface area contributed by atoms with Gasteiger partial charge in [0.1, 0.15) is 17.1 Å². The molecule has 6 nitrogen and oxygen atoms in total. The van der Waals surface area contributed by atoms with Gasteiger partial charge < -0.3 is 19.7 Å². The number of fused-ring (bicyclic) bond motifs is 1. The minimum absolute atomic E-state index is 0.0203. The molecule has 0 fully saturated rings. The lowest BCUT2D eigenvalue weighted by atomic mass is 9.93. The number of hydrogen-bond donors (Lipinski definition) is 2. The molecule has 0 saturated carbocycles. The van der Waals surface area contributed by atoms with Crippen LogP contribution in [-0.2, 0) is 0 Å². The Balaban J connectivity index is 1.74. The van der Waals surface area contributed by atoms with Gasteiger partial charge in [-0.2, -0.15) is 5.10 Å². The van der Waals surface area contributed by atoms with Crippen molar-refractivity contribution in [1.29, 1.82) is 0 Å². The van der Waals surface area contributed by atoms with E-state index in [-0.39, 0.29) is 17.4 Å². The van der Waals surface area contributed by atoms with Gasteiger partial charge in [-0.3, -0.25) is 0 Å². The number of hydrogen-bond acceptors (Lipinski definition) is 6. The van der Waals surface area contributed by atoms with E-state index in [1.165, 1.54) is 0 Å². The van der Waals surface area contributed by atoms with E-state index >= 15 is 0 Å². The van der Waals surface area contributed by atoms with Crippen molar-refractivity contribution in [3.63, 3.8) is 0 Å². The molecule has 1 unspecified atom stereocenters. The van der Waals surface area contributed by atoms with Gasteiger partial charge in [0, 0.05) is 17.5 Å². The number of ether oxygens (including phenoxy) is 1. The Morgan fingerprint density at radius 2 is 1.89 bits per heavy atom. The number of aryl methyl sites for hydroxylation is 2. The molecule has 1 aliphatic rings. The molecule has 1 aromatic heterocycles. The number of aromatic hydroxyl groups is 1. The molecule has 0 saturated heterocycles.